The van der Waals surface area contributed by atoms with Gasteiger partial charge < -0.3 is 31.5 Å². The van der Waals surface area contributed by atoms with E-state index in [1.165, 1.54) is 0 Å². The molecule has 11 heteroatoms. The number of carbonyl (C=O) groups excluding carboxylic acids is 2. The molecule has 0 aliphatic carbocycles. The Labute approximate surface area is 254 Å². The minimum atomic E-state index is -2.74. The van der Waals surface area contributed by atoms with Crippen molar-refractivity contribution in [2.75, 3.05) is 59.3 Å². The van der Waals surface area contributed by atoms with E-state index in [4.69, 9.17) is 26.6 Å². The summed E-state index contributed by atoms with van der Waals surface area (Å²) in [6.45, 7) is 23.3. The molecule has 0 N–H and O–H groups in total. The van der Waals surface area contributed by atoms with E-state index in [9.17, 15) is 9.59 Å². The largest absolute Gasteiger partial charge is 0.500 e. The lowest BCUT2D eigenvalue weighted by Gasteiger charge is -2.30. The molecule has 0 saturated carbocycles. The van der Waals surface area contributed by atoms with E-state index in [-0.39, 0.29) is 23.4 Å². The highest BCUT2D eigenvalue weighted by molar-refractivity contribution is 6.61. The van der Waals surface area contributed by atoms with Gasteiger partial charge in [0, 0.05) is 89.5 Å². The maximum absolute atomic E-state index is 13.2. The van der Waals surface area contributed by atoms with E-state index in [0.29, 0.717) is 90.5 Å². The summed E-state index contributed by atoms with van der Waals surface area (Å²) in [6.07, 6.45) is 3.92. The molecule has 0 aliphatic rings. The fourth-order valence-electron chi connectivity index (χ4n) is 5.24. The number of rotatable bonds is 29. The van der Waals surface area contributed by atoms with Gasteiger partial charge in [0.1, 0.15) is 11.6 Å². The Morgan fingerprint density at radius 3 is 1.05 bits per heavy atom. The summed E-state index contributed by atoms with van der Waals surface area (Å²) in [5.74, 6) is 0.420. The highest BCUT2D eigenvalue weighted by atomic mass is 28.4. The van der Waals surface area contributed by atoms with Crippen molar-refractivity contribution in [3.63, 3.8) is 0 Å². The number of nitrogens with zero attached hydrogens (tertiary/aromatic N) is 1. The lowest BCUT2D eigenvalue weighted by atomic mass is 9.94. The molecule has 0 aromatic carbocycles. The number of ketones is 2. The monoisotopic (exact) mass is 621 g/mol. The van der Waals surface area contributed by atoms with Crippen molar-refractivity contribution in [1.29, 1.82) is 0 Å². The summed E-state index contributed by atoms with van der Waals surface area (Å²) >= 11 is 0. The van der Waals surface area contributed by atoms with E-state index < -0.39 is 17.6 Å². The number of Topliss-reactive ketones (excluding diaryl/α,β-unsaturated/α-hetero) is 2. The summed E-state index contributed by atoms with van der Waals surface area (Å²) in [5.41, 5.74) is 0. The first-order valence-corrected chi connectivity index (χ1v) is 20.2. The molecule has 2 unspecified atom stereocenters. The van der Waals surface area contributed by atoms with Crippen LogP contribution in [0.3, 0.4) is 0 Å². The molecule has 244 valence electrons. The number of carbonyl (C=O) groups is 2. The summed E-state index contributed by atoms with van der Waals surface area (Å²) in [7, 11) is -5.49. The van der Waals surface area contributed by atoms with Crippen LogP contribution in [0.5, 0.6) is 0 Å². The maximum Gasteiger partial charge on any atom is 0.500 e. The van der Waals surface area contributed by atoms with Crippen molar-refractivity contribution in [2.45, 2.75) is 113 Å². The third-order valence-electron chi connectivity index (χ3n) is 7.30. The summed E-state index contributed by atoms with van der Waals surface area (Å²) in [6, 6.07) is 1.29. The average molecular weight is 622 g/mol. The van der Waals surface area contributed by atoms with Crippen LogP contribution < -0.4 is 0 Å². The van der Waals surface area contributed by atoms with Gasteiger partial charge >= 0.3 is 17.6 Å². The first-order chi connectivity index (χ1) is 19.7. The molecule has 9 nitrogen and oxygen atoms in total. The van der Waals surface area contributed by atoms with Crippen LogP contribution in [0.15, 0.2) is 0 Å². The van der Waals surface area contributed by atoms with Crippen molar-refractivity contribution in [1.82, 2.24) is 4.90 Å². The van der Waals surface area contributed by atoms with Crippen LogP contribution >= 0.6 is 0 Å². The van der Waals surface area contributed by atoms with Gasteiger partial charge in [0.15, 0.2) is 0 Å². The Balaban J connectivity index is 5.07. The molecule has 0 bridgehead atoms. The number of hydrogen-bond donors (Lipinski definition) is 0. The Morgan fingerprint density at radius 1 is 0.537 bits per heavy atom. The molecule has 41 heavy (non-hydrogen) atoms. The maximum atomic E-state index is 13.2. The molecule has 0 aliphatic heterocycles. The van der Waals surface area contributed by atoms with Gasteiger partial charge in [-0.3, -0.25) is 9.59 Å². The first kappa shape index (κ1) is 40.5. The van der Waals surface area contributed by atoms with Gasteiger partial charge in [-0.1, -0.05) is 20.8 Å². The minimum Gasteiger partial charge on any atom is -0.374 e. The Bertz CT molecular complexity index is 597. The van der Waals surface area contributed by atoms with Crippen LogP contribution in [-0.2, 0) is 36.1 Å². The zero-order valence-electron chi connectivity index (χ0n) is 27.9. The quantitative estimate of drug-likeness (QED) is 0.0911. The van der Waals surface area contributed by atoms with Gasteiger partial charge in [-0.15, -0.1) is 0 Å². The molecule has 0 saturated heterocycles. The fraction of sp³-hybridized carbons (Fsp3) is 0.933. The van der Waals surface area contributed by atoms with Crippen LogP contribution in [0.1, 0.15) is 101 Å². The zero-order chi connectivity index (χ0) is 31.2. The van der Waals surface area contributed by atoms with Crippen LogP contribution in [0.4, 0.5) is 0 Å². The van der Waals surface area contributed by atoms with Gasteiger partial charge in [-0.2, -0.15) is 0 Å². The molecule has 0 spiro atoms. The lowest BCUT2D eigenvalue weighted by Crippen LogP contribution is -2.46. The molecule has 0 aromatic heterocycles. The van der Waals surface area contributed by atoms with E-state index in [1.54, 1.807) is 0 Å². The summed E-state index contributed by atoms with van der Waals surface area (Å²) < 4.78 is 35.7. The Morgan fingerprint density at radius 2 is 0.829 bits per heavy atom. The Hall–Kier alpha value is -0.506. The Kier molecular flexibility index (Phi) is 23.6. The minimum absolute atomic E-state index is 0.0555. The predicted molar refractivity (Wildman–Crippen MR) is 169 cm³/mol. The molecule has 0 heterocycles. The smallest absolute Gasteiger partial charge is 0.374 e. The van der Waals surface area contributed by atoms with Gasteiger partial charge in [0.05, 0.1) is 0 Å². The van der Waals surface area contributed by atoms with Crippen LogP contribution in [0.2, 0.25) is 12.1 Å². The van der Waals surface area contributed by atoms with Crippen LogP contribution in [-0.4, -0.2) is 93.4 Å². The second kappa shape index (κ2) is 23.9. The van der Waals surface area contributed by atoms with Crippen molar-refractivity contribution in [3.8, 4) is 0 Å². The second-order valence-electron chi connectivity index (χ2n) is 10.2. The van der Waals surface area contributed by atoms with Crippen molar-refractivity contribution in [3.05, 3.63) is 0 Å². The van der Waals surface area contributed by atoms with Gasteiger partial charge in [0.25, 0.3) is 0 Å². The zero-order valence-corrected chi connectivity index (χ0v) is 29.9. The van der Waals surface area contributed by atoms with Crippen LogP contribution in [0, 0.1) is 11.8 Å². The van der Waals surface area contributed by atoms with Crippen molar-refractivity contribution < 1.29 is 36.1 Å². The fourth-order valence-corrected chi connectivity index (χ4v) is 10.5. The summed E-state index contributed by atoms with van der Waals surface area (Å²) in [4.78, 5) is 28.7. The molecule has 0 fully saturated rings. The normalized spacial score (nSPS) is 14.0. The van der Waals surface area contributed by atoms with E-state index >= 15 is 0 Å². The molecule has 2 atom stereocenters. The molecule has 0 radical (unpaired) electrons. The molecule has 0 aromatic rings. The third kappa shape index (κ3) is 15.7. The van der Waals surface area contributed by atoms with Gasteiger partial charge in [-0.05, 0) is 73.8 Å². The first-order valence-electron chi connectivity index (χ1n) is 16.3. The lowest BCUT2D eigenvalue weighted by molar-refractivity contribution is -0.124. The van der Waals surface area contributed by atoms with Crippen molar-refractivity contribution in [2.24, 2.45) is 11.8 Å². The van der Waals surface area contributed by atoms with Crippen LogP contribution in [0.25, 0.3) is 0 Å². The van der Waals surface area contributed by atoms with E-state index in [2.05, 4.69) is 25.7 Å². The SMILES string of the molecule is CCO[Si](CCCC(=O)C(CC)CN(CC)CC(CC)C(=O)CCC[Si](OCC)(OCC)OCC)(OCC)OCC. The van der Waals surface area contributed by atoms with Gasteiger partial charge in [-0.25, -0.2) is 0 Å². The molecular weight excluding hydrogens is 559 g/mol. The van der Waals surface area contributed by atoms with E-state index in [0.717, 1.165) is 19.4 Å². The summed E-state index contributed by atoms with van der Waals surface area (Å²) in [5, 5.41) is 0. The highest BCUT2D eigenvalue weighted by Crippen LogP contribution is 2.23. The number of hydrogen-bond acceptors (Lipinski definition) is 9. The molecule has 0 amide bonds. The van der Waals surface area contributed by atoms with Crippen molar-refractivity contribution >= 4 is 29.2 Å². The second-order valence-corrected chi connectivity index (χ2v) is 15.6. The predicted octanol–water partition coefficient (Wildman–Crippen LogP) is 6.16. The standard InChI is InChI=1S/C30H63NO8Si2/c1-10-27(29(32)21-19-23-40(34-13-4,35-14-5)36-15-6)25-31(12-3)26-28(11-2)30(33)22-20-24-41(37-16-7,38-17-8)39-18-9/h27-28H,10-26H2,1-9H3. The molecule has 0 rings (SSSR count). The topological polar surface area (TPSA) is 92.8 Å². The highest BCUT2D eigenvalue weighted by Gasteiger charge is 2.41. The molecular formula is C30H63NO8Si2. The van der Waals surface area contributed by atoms with Gasteiger partial charge in [0.2, 0.25) is 0 Å². The van der Waals surface area contributed by atoms with E-state index in [1.807, 2.05) is 41.5 Å². The third-order valence-corrected chi connectivity index (χ3v) is 13.6. The average Bonchev–Trinajstić information content (AvgIpc) is 2.94.